The summed E-state index contributed by atoms with van der Waals surface area (Å²) in [7, 11) is 8.57. The molecule has 2 atom stereocenters. The zero-order valence-corrected chi connectivity index (χ0v) is 17.4. The summed E-state index contributed by atoms with van der Waals surface area (Å²) in [5, 5.41) is 13.2. The number of nitrogens with zero attached hydrogens (tertiary/aromatic N) is 5. The van der Waals surface area contributed by atoms with Crippen molar-refractivity contribution in [1.82, 2.24) is 30.3 Å². The van der Waals surface area contributed by atoms with E-state index in [-0.39, 0.29) is 6.10 Å². The largest absolute Gasteiger partial charge is 0.375 e. The molecule has 5 heterocycles. The van der Waals surface area contributed by atoms with Gasteiger partial charge in [-0.15, -0.1) is 0 Å². The fourth-order valence-corrected chi connectivity index (χ4v) is 6.10. The minimum atomic E-state index is 0.250. The SMILES string of the molecule is COC1CC(C2CN(C)N(C)C2)CN2C1=C(CN1CC3(CNC3)C1)CN2C. The second-order valence-corrected chi connectivity index (χ2v) is 9.80. The van der Waals surface area contributed by atoms with E-state index in [0.717, 1.165) is 25.6 Å². The van der Waals surface area contributed by atoms with Crippen molar-refractivity contribution < 1.29 is 4.74 Å². The van der Waals surface area contributed by atoms with E-state index in [1.165, 1.54) is 51.4 Å². The fraction of sp³-hybridized carbons (Fsp3) is 0.900. The van der Waals surface area contributed by atoms with E-state index in [1.54, 1.807) is 5.57 Å². The first-order valence-electron chi connectivity index (χ1n) is 10.6. The second kappa shape index (κ2) is 6.68. The van der Waals surface area contributed by atoms with E-state index in [9.17, 15) is 0 Å². The molecule has 0 radical (unpaired) electrons. The number of hydrogen-bond acceptors (Lipinski definition) is 7. The lowest BCUT2D eigenvalue weighted by atomic mass is 9.74. The van der Waals surface area contributed by atoms with Crippen molar-refractivity contribution in [1.29, 1.82) is 0 Å². The van der Waals surface area contributed by atoms with Crippen LogP contribution in [0.15, 0.2) is 11.3 Å². The molecule has 7 heteroatoms. The van der Waals surface area contributed by atoms with E-state index < -0.39 is 0 Å². The van der Waals surface area contributed by atoms with Crippen LogP contribution in [-0.4, -0.2) is 118 Å². The van der Waals surface area contributed by atoms with Gasteiger partial charge in [0.2, 0.25) is 0 Å². The molecule has 4 fully saturated rings. The first-order chi connectivity index (χ1) is 13.0. The van der Waals surface area contributed by atoms with Crippen LogP contribution in [0.3, 0.4) is 0 Å². The summed E-state index contributed by atoms with van der Waals surface area (Å²) < 4.78 is 6.05. The summed E-state index contributed by atoms with van der Waals surface area (Å²) in [6.07, 6.45) is 1.42. The monoisotopic (exact) mass is 376 g/mol. The van der Waals surface area contributed by atoms with Crippen molar-refractivity contribution in [2.75, 3.05) is 87.2 Å². The summed E-state index contributed by atoms with van der Waals surface area (Å²) in [6, 6.07) is 0. The Morgan fingerprint density at radius 1 is 1.00 bits per heavy atom. The molecule has 5 rings (SSSR count). The average Bonchev–Trinajstić information content (AvgIpc) is 3.08. The van der Waals surface area contributed by atoms with Gasteiger partial charge in [0.05, 0.1) is 11.8 Å². The van der Waals surface area contributed by atoms with Crippen LogP contribution in [0.1, 0.15) is 6.42 Å². The predicted molar refractivity (Wildman–Crippen MR) is 106 cm³/mol. The topological polar surface area (TPSA) is 37.5 Å². The quantitative estimate of drug-likeness (QED) is 0.725. The summed E-state index contributed by atoms with van der Waals surface area (Å²) in [5.74, 6) is 1.43. The van der Waals surface area contributed by atoms with Gasteiger partial charge in [-0.05, 0) is 23.8 Å². The standard InChI is InChI=1S/C20H36N6O/c1-22-6-16(7-23(22)2)15-5-18(27-4)19-17(8-24(3)26(19)10-15)9-25-13-20(14-25)11-21-12-20/h15-16,18,21H,5-14H2,1-4H3. The van der Waals surface area contributed by atoms with Crippen LogP contribution in [0.2, 0.25) is 0 Å². The van der Waals surface area contributed by atoms with Crippen molar-refractivity contribution in [3.63, 3.8) is 0 Å². The molecular weight excluding hydrogens is 340 g/mol. The minimum Gasteiger partial charge on any atom is -0.375 e. The van der Waals surface area contributed by atoms with Crippen LogP contribution in [0, 0.1) is 17.3 Å². The molecule has 0 aromatic heterocycles. The maximum Gasteiger partial charge on any atom is 0.0985 e. The number of methoxy groups -OCH3 is 1. The molecule has 5 aliphatic heterocycles. The number of rotatable bonds is 4. The highest BCUT2D eigenvalue weighted by Crippen LogP contribution is 2.41. The molecule has 5 aliphatic rings. The Labute approximate surface area is 163 Å². The second-order valence-electron chi connectivity index (χ2n) is 9.80. The third kappa shape index (κ3) is 3.03. The van der Waals surface area contributed by atoms with Gasteiger partial charge >= 0.3 is 0 Å². The smallest absolute Gasteiger partial charge is 0.0985 e. The summed E-state index contributed by atoms with van der Waals surface area (Å²) in [5.41, 5.74) is 3.67. The fourth-order valence-electron chi connectivity index (χ4n) is 6.10. The molecule has 1 N–H and O–H groups in total. The Bertz CT molecular complexity index is 602. The third-order valence-electron chi connectivity index (χ3n) is 7.77. The van der Waals surface area contributed by atoms with Crippen molar-refractivity contribution in [2.24, 2.45) is 17.3 Å². The van der Waals surface area contributed by atoms with Gasteiger partial charge in [-0.1, -0.05) is 0 Å². The molecule has 0 aromatic carbocycles. The maximum atomic E-state index is 6.05. The van der Waals surface area contributed by atoms with Gasteiger partial charge in [-0.2, -0.15) is 0 Å². The number of ether oxygens (including phenoxy) is 1. The molecule has 0 amide bonds. The van der Waals surface area contributed by atoms with E-state index in [1.807, 2.05) is 7.11 Å². The zero-order valence-electron chi connectivity index (χ0n) is 17.4. The first-order valence-corrected chi connectivity index (χ1v) is 10.6. The summed E-state index contributed by atoms with van der Waals surface area (Å²) >= 11 is 0. The molecule has 1 spiro atoms. The van der Waals surface area contributed by atoms with E-state index >= 15 is 0 Å². The van der Waals surface area contributed by atoms with Crippen molar-refractivity contribution >= 4 is 0 Å². The molecule has 2 unspecified atom stereocenters. The van der Waals surface area contributed by atoms with E-state index in [0.29, 0.717) is 11.3 Å². The lowest BCUT2D eigenvalue weighted by Gasteiger charge is -2.56. The van der Waals surface area contributed by atoms with Gasteiger partial charge in [0, 0.05) is 92.6 Å². The summed E-state index contributed by atoms with van der Waals surface area (Å²) in [4.78, 5) is 2.64. The molecule has 0 bridgehead atoms. The molecule has 0 aliphatic carbocycles. The molecule has 152 valence electrons. The van der Waals surface area contributed by atoms with Crippen molar-refractivity contribution in [3.05, 3.63) is 11.3 Å². The number of likely N-dealkylation sites (tertiary alicyclic amines) is 1. The molecule has 4 saturated heterocycles. The van der Waals surface area contributed by atoms with Crippen LogP contribution >= 0.6 is 0 Å². The molecule has 7 nitrogen and oxygen atoms in total. The first kappa shape index (κ1) is 18.3. The van der Waals surface area contributed by atoms with Gasteiger partial charge in [-0.25, -0.2) is 15.0 Å². The molecular formula is C20H36N6O. The Morgan fingerprint density at radius 3 is 2.30 bits per heavy atom. The van der Waals surface area contributed by atoms with Crippen LogP contribution in [0.25, 0.3) is 0 Å². The number of piperidine rings is 1. The maximum absolute atomic E-state index is 6.05. The van der Waals surface area contributed by atoms with Gasteiger partial charge in [0.25, 0.3) is 0 Å². The molecule has 0 saturated carbocycles. The van der Waals surface area contributed by atoms with Crippen LogP contribution in [-0.2, 0) is 4.74 Å². The normalized spacial score (nSPS) is 35.8. The molecule has 0 aromatic rings. The number of likely N-dealkylation sites (N-methyl/N-ethyl adjacent to an activating group) is 1. The Balaban J connectivity index is 1.29. The Kier molecular flexibility index (Phi) is 4.53. The van der Waals surface area contributed by atoms with Gasteiger partial charge in [0.15, 0.2) is 0 Å². The third-order valence-corrected chi connectivity index (χ3v) is 7.77. The van der Waals surface area contributed by atoms with E-state index in [2.05, 4.69) is 51.4 Å². The van der Waals surface area contributed by atoms with Crippen molar-refractivity contribution in [2.45, 2.75) is 12.5 Å². The predicted octanol–water partition coefficient (Wildman–Crippen LogP) is -0.249. The van der Waals surface area contributed by atoms with Gasteiger partial charge < -0.3 is 15.1 Å². The average molecular weight is 377 g/mol. The van der Waals surface area contributed by atoms with E-state index in [4.69, 9.17) is 4.74 Å². The lowest BCUT2D eigenvalue weighted by Crippen LogP contribution is -2.71. The number of fused-ring (bicyclic) bond motifs is 1. The highest BCUT2D eigenvalue weighted by Gasteiger charge is 2.49. The van der Waals surface area contributed by atoms with Crippen molar-refractivity contribution in [3.8, 4) is 0 Å². The number of hydrogen-bond donors (Lipinski definition) is 1. The van der Waals surface area contributed by atoms with Crippen LogP contribution in [0.5, 0.6) is 0 Å². The zero-order chi connectivity index (χ0) is 18.8. The Hall–Kier alpha value is -0.700. The molecule has 27 heavy (non-hydrogen) atoms. The van der Waals surface area contributed by atoms with Gasteiger partial charge in [-0.3, -0.25) is 4.90 Å². The minimum absolute atomic E-state index is 0.250. The number of nitrogens with one attached hydrogen (secondary N) is 1. The highest BCUT2D eigenvalue weighted by atomic mass is 16.5. The van der Waals surface area contributed by atoms with Crippen LogP contribution < -0.4 is 5.32 Å². The highest BCUT2D eigenvalue weighted by molar-refractivity contribution is 5.27. The summed E-state index contributed by atoms with van der Waals surface area (Å²) in [6.45, 7) is 10.6. The van der Waals surface area contributed by atoms with Gasteiger partial charge in [0.1, 0.15) is 0 Å². The number of hydrazine groups is 2. The Morgan fingerprint density at radius 2 is 1.70 bits per heavy atom. The van der Waals surface area contributed by atoms with Crippen LogP contribution in [0.4, 0.5) is 0 Å². The lowest BCUT2D eigenvalue weighted by molar-refractivity contribution is -0.0368.